The first kappa shape index (κ1) is 16.7. The number of hydrogen-bond acceptors (Lipinski definition) is 3. The molecule has 2 aromatic carbocycles. The maximum absolute atomic E-state index is 12.6. The summed E-state index contributed by atoms with van der Waals surface area (Å²) in [6.45, 7) is 0. The van der Waals surface area contributed by atoms with Gasteiger partial charge in [0.25, 0.3) is 10.0 Å². The summed E-state index contributed by atoms with van der Waals surface area (Å²) in [6, 6.07) is 16.8. The molecule has 0 saturated heterocycles. The van der Waals surface area contributed by atoms with Crippen LogP contribution in [0, 0.1) is 0 Å². The number of ketones is 1. The van der Waals surface area contributed by atoms with E-state index in [1.165, 1.54) is 36.4 Å². The van der Waals surface area contributed by atoms with Crippen LogP contribution < -0.4 is 0 Å². The second-order valence-corrected chi connectivity index (χ2v) is 6.78. The van der Waals surface area contributed by atoms with E-state index >= 15 is 0 Å². The van der Waals surface area contributed by atoms with Gasteiger partial charge in [0, 0.05) is 5.56 Å². The first-order chi connectivity index (χ1) is 12.0. The number of benzene rings is 2. The Morgan fingerprint density at radius 2 is 1.32 bits per heavy atom. The number of allylic oxidation sites excluding steroid dienone is 4. The maximum atomic E-state index is 12.6. The molecule has 0 amide bonds. The van der Waals surface area contributed by atoms with Crippen LogP contribution in [-0.4, -0.2) is 25.7 Å². The number of hydrogen-bond donors (Lipinski definition) is 0. The Morgan fingerprint density at radius 1 is 0.760 bits per heavy atom. The number of sulfonamides is 1. The number of carbonyl (C=O) groups is 1. The minimum Gasteiger partial charge on any atom is -0.290 e. The van der Waals surface area contributed by atoms with E-state index in [1.807, 2.05) is 6.07 Å². The van der Waals surface area contributed by atoms with E-state index in [-0.39, 0.29) is 16.5 Å². The van der Waals surface area contributed by atoms with Crippen LogP contribution in [0.5, 0.6) is 0 Å². The third-order valence-electron chi connectivity index (χ3n) is 3.35. The molecule has 6 heteroatoms. The lowest BCUT2D eigenvalue weighted by Crippen LogP contribution is -2.08. The SMILES string of the molecule is O=C1C=CC(=NC(=NS(=O)(=O)c2ccccc2)c2ccccc2)C=C1. The van der Waals surface area contributed by atoms with Crippen molar-refractivity contribution in [2.75, 3.05) is 0 Å². The van der Waals surface area contributed by atoms with Crippen molar-refractivity contribution >= 4 is 27.4 Å². The van der Waals surface area contributed by atoms with Crippen molar-refractivity contribution in [1.29, 1.82) is 0 Å². The van der Waals surface area contributed by atoms with Crippen molar-refractivity contribution in [3.8, 4) is 0 Å². The quantitative estimate of drug-likeness (QED) is 0.485. The van der Waals surface area contributed by atoms with Crippen molar-refractivity contribution in [2.24, 2.45) is 9.39 Å². The molecule has 0 fully saturated rings. The van der Waals surface area contributed by atoms with Crippen LogP contribution in [0.3, 0.4) is 0 Å². The normalized spacial score (nSPS) is 14.6. The summed E-state index contributed by atoms with van der Waals surface area (Å²) in [5.74, 6) is -0.0860. The average Bonchev–Trinajstić information content (AvgIpc) is 2.64. The molecule has 1 aliphatic rings. The molecule has 0 saturated carbocycles. The molecule has 124 valence electrons. The maximum Gasteiger partial charge on any atom is 0.284 e. The molecule has 0 atom stereocenters. The first-order valence-electron chi connectivity index (χ1n) is 7.49. The lowest BCUT2D eigenvalue weighted by atomic mass is 10.1. The molecule has 5 nitrogen and oxygen atoms in total. The van der Waals surface area contributed by atoms with Crippen LogP contribution in [0.2, 0.25) is 0 Å². The third-order valence-corrected chi connectivity index (χ3v) is 4.63. The number of carbonyl (C=O) groups excluding carboxylic acids is 1. The van der Waals surface area contributed by atoms with Gasteiger partial charge in [-0.25, -0.2) is 4.99 Å². The van der Waals surface area contributed by atoms with Crippen molar-refractivity contribution in [3.05, 3.63) is 90.5 Å². The van der Waals surface area contributed by atoms with Gasteiger partial charge in [-0.15, -0.1) is 4.40 Å². The monoisotopic (exact) mass is 350 g/mol. The number of nitrogens with zero attached hydrogens (tertiary/aromatic N) is 2. The van der Waals surface area contributed by atoms with E-state index in [2.05, 4.69) is 9.39 Å². The highest BCUT2D eigenvalue weighted by Gasteiger charge is 2.15. The van der Waals surface area contributed by atoms with E-state index in [1.54, 1.807) is 42.5 Å². The van der Waals surface area contributed by atoms with Crippen LogP contribution >= 0.6 is 0 Å². The lowest BCUT2D eigenvalue weighted by Gasteiger charge is -2.05. The van der Waals surface area contributed by atoms with Crippen molar-refractivity contribution in [1.82, 2.24) is 0 Å². The minimum atomic E-state index is -3.90. The zero-order chi connectivity index (χ0) is 17.7. The van der Waals surface area contributed by atoms with Crippen LogP contribution in [-0.2, 0) is 14.8 Å². The van der Waals surface area contributed by atoms with E-state index in [0.717, 1.165) is 0 Å². The molecule has 0 spiro atoms. The van der Waals surface area contributed by atoms with Crippen molar-refractivity contribution in [2.45, 2.75) is 4.90 Å². The predicted molar refractivity (Wildman–Crippen MR) is 97.3 cm³/mol. The van der Waals surface area contributed by atoms with Gasteiger partial charge in [-0.05, 0) is 36.4 Å². The van der Waals surface area contributed by atoms with Gasteiger partial charge in [-0.1, -0.05) is 48.5 Å². The Bertz CT molecular complexity index is 985. The topological polar surface area (TPSA) is 75.9 Å². The largest absolute Gasteiger partial charge is 0.290 e. The Balaban J connectivity index is 2.09. The zero-order valence-corrected chi connectivity index (χ0v) is 13.9. The molecule has 0 bridgehead atoms. The Labute approximate surface area is 145 Å². The van der Waals surface area contributed by atoms with Gasteiger partial charge in [0.1, 0.15) is 0 Å². The van der Waals surface area contributed by atoms with Crippen LogP contribution in [0.1, 0.15) is 5.56 Å². The van der Waals surface area contributed by atoms with Crippen LogP contribution in [0.4, 0.5) is 0 Å². The summed E-state index contributed by atoms with van der Waals surface area (Å²) < 4.78 is 29.0. The van der Waals surface area contributed by atoms with Gasteiger partial charge in [0.05, 0.1) is 10.6 Å². The summed E-state index contributed by atoms with van der Waals surface area (Å²) >= 11 is 0. The lowest BCUT2D eigenvalue weighted by molar-refractivity contribution is -0.110. The van der Waals surface area contributed by atoms with Gasteiger partial charge in [-0.3, -0.25) is 4.79 Å². The minimum absolute atomic E-state index is 0.0584. The molecular weight excluding hydrogens is 336 g/mol. The van der Waals surface area contributed by atoms with E-state index in [0.29, 0.717) is 11.3 Å². The highest BCUT2D eigenvalue weighted by molar-refractivity contribution is 7.90. The van der Waals surface area contributed by atoms with Gasteiger partial charge in [0.2, 0.25) is 0 Å². The Hall–Kier alpha value is -3.12. The van der Waals surface area contributed by atoms with Gasteiger partial charge < -0.3 is 0 Å². The molecule has 0 radical (unpaired) electrons. The zero-order valence-electron chi connectivity index (χ0n) is 13.1. The summed E-state index contributed by atoms with van der Waals surface area (Å²) in [5, 5.41) is 0. The second kappa shape index (κ2) is 7.19. The fourth-order valence-corrected chi connectivity index (χ4v) is 3.11. The fourth-order valence-electron chi connectivity index (χ4n) is 2.13. The van der Waals surface area contributed by atoms with Gasteiger partial charge in [-0.2, -0.15) is 8.42 Å². The third kappa shape index (κ3) is 4.24. The molecule has 2 aromatic rings. The molecule has 0 aliphatic heterocycles. The molecule has 0 N–H and O–H groups in total. The molecule has 3 rings (SSSR count). The molecule has 0 unspecified atom stereocenters. The standard InChI is InChI=1S/C19H14N2O3S/c22-17-13-11-16(12-14-17)20-19(15-7-3-1-4-8-15)21-25(23,24)18-9-5-2-6-10-18/h1-14H. The summed E-state index contributed by atoms with van der Waals surface area (Å²) in [4.78, 5) is 15.6. The van der Waals surface area contributed by atoms with Crippen molar-refractivity contribution < 1.29 is 13.2 Å². The molecule has 1 aliphatic carbocycles. The number of amidine groups is 1. The summed E-state index contributed by atoms with van der Waals surface area (Å²) in [7, 11) is -3.90. The Kier molecular flexibility index (Phi) is 4.81. The smallest absolute Gasteiger partial charge is 0.284 e. The average molecular weight is 350 g/mol. The molecule has 25 heavy (non-hydrogen) atoms. The van der Waals surface area contributed by atoms with Gasteiger partial charge >= 0.3 is 0 Å². The van der Waals surface area contributed by atoms with Crippen LogP contribution in [0.25, 0.3) is 0 Å². The van der Waals surface area contributed by atoms with Gasteiger partial charge in [0.15, 0.2) is 11.6 Å². The Morgan fingerprint density at radius 3 is 1.92 bits per heavy atom. The van der Waals surface area contributed by atoms with E-state index in [9.17, 15) is 13.2 Å². The summed E-state index contributed by atoms with van der Waals surface area (Å²) in [5.41, 5.74) is 1.01. The highest BCUT2D eigenvalue weighted by atomic mass is 32.2. The van der Waals surface area contributed by atoms with E-state index < -0.39 is 10.0 Å². The first-order valence-corrected chi connectivity index (χ1v) is 8.93. The summed E-state index contributed by atoms with van der Waals surface area (Å²) in [6.07, 6.45) is 5.78. The highest BCUT2D eigenvalue weighted by Crippen LogP contribution is 2.14. The fraction of sp³-hybridized carbons (Fsp3) is 0. The number of aliphatic imine (C=N–C) groups is 1. The second-order valence-electron chi connectivity index (χ2n) is 5.17. The molecule has 0 heterocycles. The molecule has 0 aromatic heterocycles. The number of rotatable bonds is 3. The van der Waals surface area contributed by atoms with Crippen molar-refractivity contribution in [3.63, 3.8) is 0 Å². The molecular formula is C19H14N2O3S. The van der Waals surface area contributed by atoms with Crippen LogP contribution in [0.15, 0.2) is 99.3 Å². The predicted octanol–water partition coefficient (Wildman–Crippen LogP) is 2.96. The van der Waals surface area contributed by atoms with E-state index in [4.69, 9.17) is 0 Å².